The minimum Gasteiger partial charge on any atom is -0.372 e. The summed E-state index contributed by atoms with van der Waals surface area (Å²) >= 11 is 0. The van der Waals surface area contributed by atoms with Crippen molar-refractivity contribution in [1.29, 1.82) is 0 Å². The molecule has 1 aliphatic rings. The molecule has 2 rings (SSSR count). The first kappa shape index (κ1) is 15.0. The molecule has 1 fully saturated rings. The summed E-state index contributed by atoms with van der Waals surface area (Å²) in [5, 5.41) is 0. The number of hydrogen-bond donors (Lipinski definition) is 1. The van der Waals surface area contributed by atoms with Crippen molar-refractivity contribution in [2.24, 2.45) is 0 Å². The topological polar surface area (TPSA) is 73.9 Å². The number of hydrogen-bond acceptors (Lipinski definition) is 5. The molecular weight excluding hydrogens is 273 g/mol. The van der Waals surface area contributed by atoms with Crippen LogP contribution in [-0.4, -0.2) is 34.3 Å². The van der Waals surface area contributed by atoms with Crippen molar-refractivity contribution in [2.75, 3.05) is 18.9 Å². The van der Waals surface area contributed by atoms with Gasteiger partial charge in [-0.2, -0.15) is 23.1 Å². The summed E-state index contributed by atoms with van der Waals surface area (Å²) in [7, 11) is 0. The van der Waals surface area contributed by atoms with Crippen molar-refractivity contribution in [3.63, 3.8) is 0 Å². The third-order valence-corrected chi connectivity index (χ3v) is 3.17. The van der Waals surface area contributed by atoms with Crippen molar-refractivity contribution >= 4 is 5.95 Å². The average molecular weight is 290 g/mol. The van der Waals surface area contributed by atoms with Gasteiger partial charge in [0.15, 0.2) is 0 Å². The van der Waals surface area contributed by atoms with Gasteiger partial charge >= 0.3 is 6.18 Å². The highest BCUT2D eigenvalue weighted by atomic mass is 19.4. The molecule has 0 unspecified atom stereocenters. The van der Waals surface area contributed by atoms with Gasteiger partial charge in [0, 0.05) is 12.3 Å². The lowest BCUT2D eigenvalue weighted by atomic mass is 10.1. The van der Waals surface area contributed by atoms with Crippen LogP contribution in [0.3, 0.4) is 0 Å². The Balaban J connectivity index is 1.91. The van der Waals surface area contributed by atoms with Crippen LogP contribution in [0.5, 0.6) is 0 Å². The Labute approximate surface area is 114 Å². The number of alkyl halides is 3. The number of aromatic nitrogens is 3. The van der Waals surface area contributed by atoms with Gasteiger partial charge in [0.2, 0.25) is 5.95 Å². The van der Waals surface area contributed by atoms with Gasteiger partial charge < -0.3 is 10.5 Å². The molecule has 0 aliphatic heterocycles. The van der Waals surface area contributed by atoms with Gasteiger partial charge in [-0.25, -0.2) is 4.98 Å². The lowest BCUT2D eigenvalue weighted by molar-refractivity contribution is -0.173. The molecule has 0 radical (unpaired) electrons. The maximum Gasteiger partial charge on any atom is 0.411 e. The Morgan fingerprint density at radius 2 is 1.85 bits per heavy atom. The number of ether oxygens (including phenoxy) is 1. The summed E-state index contributed by atoms with van der Waals surface area (Å²) in [6, 6.07) is 0. The van der Waals surface area contributed by atoms with E-state index in [0.29, 0.717) is 11.6 Å². The first-order valence-corrected chi connectivity index (χ1v) is 6.59. The molecule has 1 aromatic heterocycles. The highest BCUT2D eigenvalue weighted by Gasteiger charge is 2.27. The van der Waals surface area contributed by atoms with Gasteiger partial charge in [-0.1, -0.05) is 12.8 Å². The SMILES string of the molecule is Nc1nc(CCOCC(F)(F)F)nc(C2CCCC2)n1. The average Bonchev–Trinajstić information content (AvgIpc) is 2.86. The van der Waals surface area contributed by atoms with Gasteiger partial charge in [-0.3, -0.25) is 0 Å². The second kappa shape index (κ2) is 6.34. The van der Waals surface area contributed by atoms with Crippen LogP contribution in [0.4, 0.5) is 19.1 Å². The smallest absolute Gasteiger partial charge is 0.372 e. The van der Waals surface area contributed by atoms with Crippen LogP contribution in [-0.2, 0) is 11.2 Å². The Kier molecular flexibility index (Phi) is 4.74. The molecule has 8 heteroatoms. The van der Waals surface area contributed by atoms with E-state index in [9.17, 15) is 13.2 Å². The molecular formula is C12H17F3N4O. The molecule has 0 bridgehead atoms. The summed E-state index contributed by atoms with van der Waals surface area (Å²) in [5.41, 5.74) is 5.62. The number of nitrogens with zero attached hydrogens (tertiary/aromatic N) is 3. The molecule has 20 heavy (non-hydrogen) atoms. The van der Waals surface area contributed by atoms with Crippen LogP contribution in [0.15, 0.2) is 0 Å². The van der Waals surface area contributed by atoms with Crippen LogP contribution < -0.4 is 5.73 Å². The zero-order valence-corrected chi connectivity index (χ0v) is 11.0. The third kappa shape index (κ3) is 4.59. The molecule has 0 spiro atoms. The van der Waals surface area contributed by atoms with Crippen LogP contribution in [0, 0.1) is 0 Å². The lowest BCUT2D eigenvalue weighted by Gasteiger charge is -2.10. The fourth-order valence-corrected chi connectivity index (χ4v) is 2.29. The van der Waals surface area contributed by atoms with Crippen LogP contribution in [0.1, 0.15) is 43.3 Å². The van der Waals surface area contributed by atoms with Gasteiger partial charge in [-0.05, 0) is 12.8 Å². The number of nitrogens with two attached hydrogens (primary N) is 1. The van der Waals surface area contributed by atoms with E-state index in [1.165, 1.54) is 0 Å². The van der Waals surface area contributed by atoms with E-state index >= 15 is 0 Å². The summed E-state index contributed by atoms with van der Waals surface area (Å²) in [4.78, 5) is 12.3. The minimum atomic E-state index is -4.31. The fourth-order valence-electron chi connectivity index (χ4n) is 2.29. The Morgan fingerprint density at radius 1 is 1.15 bits per heavy atom. The molecule has 2 N–H and O–H groups in total. The Bertz CT molecular complexity index is 447. The molecule has 0 aromatic carbocycles. The third-order valence-electron chi connectivity index (χ3n) is 3.17. The highest BCUT2D eigenvalue weighted by molar-refractivity contribution is 5.18. The number of nitrogen functional groups attached to an aromatic ring is 1. The van der Waals surface area contributed by atoms with E-state index in [0.717, 1.165) is 25.7 Å². The van der Waals surface area contributed by atoms with Crippen LogP contribution >= 0.6 is 0 Å². The number of anilines is 1. The zero-order valence-electron chi connectivity index (χ0n) is 11.0. The fraction of sp³-hybridized carbons (Fsp3) is 0.750. The number of halogens is 3. The lowest BCUT2D eigenvalue weighted by Crippen LogP contribution is -2.18. The second-order valence-electron chi connectivity index (χ2n) is 4.87. The van der Waals surface area contributed by atoms with Gasteiger partial charge in [0.1, 0.15) is 18.3 Å². The summed E-state index contributed by atoms with van der Waals surface area (Å²) in [6.07, 6.45) is 0.206. The van der Waals surface area contributed by atoms with Crippen molar-refractivity contribution in [3.8, 4) is 0 Å². The van der Waals surface area contributed by atoms with Gasteiger partial charge in [0.25, 0.3) is 0 Å². The van der Waals surface area contributed by atoms with Crippen molar-refractivity contribution in [1.82, 2.24) is 15.0 Å². The molecule has 1 aromatic rings. The normalized spacial score (nSPS) is 16.8. The minimum absolute atomic E-state index is 0.0902. The molecule has 0 atom stereocenters. The Morgan fingerprint density at radius 3 is 2.50 bits per heavy atom. The van der Waals surface area contributed by atoms with E-state index in [4.69, 9.17) is 5.73 Å². The molecule has 1 heterocycles. The summed E-state index contributed by atoms with van der Waals surface area (Å²) in [5.74, 6) is 1.45. The standard InChI is InChI=1S/C12H17F3N4O/c13-12(14,15)7-20-6-5-9-17-10(19-11(16)18-9)8-3-1-2-4-8/h8H,1-7H2,(H2,16,17,18,19). The quantitative estimate of drug-likeness (QED) is 0.842. The van der Waals surface area contributed by atoms with Crippen LogP contribution in [0.25, 0.3) is 0 Å². The Hall–Kier alpha value is -1.44. The largest absolute Gasteiger partial charge is 0.411 e. The molecule has 0 amide bonds. The number of rotatable bonds is 5. The molecule has 1 aliphatic carbocycles. The first-order chi connectivity index (χ1) is 9.44. The maximum absolute atomic E-state index is 11.9. The van der Waals surface area contributed by atoms with Gasteiger partial charge in [0.05, 0.1) is 6.61 Å². The molecule has 0 saturated heterocycles. The van der Waals surface area contributed by atoms with E-state index in [1.54, 1.807) is 0 Å². The van der Waals surface area contributed by atoms with E-state index in [-0.39, 0.29) is 24.9 Å². The second-order valence-corrected chi connectivity index (χ2v) is 4.87. The predicted octanol–water partition coefficient (Wildman–Crippen LogP) is 2.23. The van der Waals surface area contributed by atoms with Crippen molar-refractivity contribution < 1.29 is 17.9 Å². The van der Waals surface area contributed by atoms with Crippen LogP contribution in [0.2, 0.25) is 0 Å². The van der Waals surface area contributed by atoms with E-state index in [2.05, 4.69) is 19.7 Å². The molecule has 112 valence electrons. The van der Waals surface area contributed by atoms with E-state index in [1.807, 2.05) is 0 Å². The van der Waals surface area contributed by atoms with E-state index < -0.39 is 12.8 Å². The first-order valence-electron chi connectivity index (χ1n) is 6.59. The summed E-state index contributed by atoms with van der Waals surface area (Å²) < 4.78 is 40.3. The molecule has 1 saturated carbocycles. The zero-order chi connectivity index (χ0) is 14.6. The summed E-state index contributed by atoms with van der Waals surface area (Å²) in [6.45, 7) is -1.35. The molecule has 5 nitrogen and oxygen atoms in total. The highest BCUT2D eigenvalue weighted by Crippen LogP contribution is 2.32. The predicted molar refractivity (Wildman–Crippen MR) is 66.0 cm³/mol. The monoisotopic (exact) mass is 290 g/mol. The van der Waals surface area contributed by atoms with Crippen molar-refractivity contribution in [2.45, 2.75) is 44.2 Å². The van der Waals surface area contributed by atoms with Gasteiger partial charge in [-0.15, -0.1) is 0 Å². The van der Waals surface area contributed by atoms with Crippen molar-refractivity contribution in [3.05, 3.63) is 11.6 Å². The maximum atomic E-state index is 11.9.